The van der Waals surface area contributed by atoms with Gasteiger partial charge in [-0.05, 0) is 86.0 Å². The molecule has 0 saturated heterocycles. The largest absolute Gasteiger partial charge is 0.318 e. The molecule has 0 fully saturated rings. The third-order valence-corrected chi connectivity index (χ3v) is 5.69. The molecule has 0 unspecified atom stereocenters. The molecule has 3 aromatic carbocycles. The molecule has 0 aliphatic rings. The first-order valence-electron chi connectivity index (χ1n) is 9.56. The summed E-state index contributed by atoms with van der Waals surface area (Å²) in [7, 11) is 0. The zero-order valence-corrected chi connectivity index (χ0v) is 17.8. The van der Waals surface area contributed by atoms with E-state index >= 15 is 0 Å². The molecular weight excluding hydrogens is 394 g/mol. The van der Waals surface area contributed by atoms with Crippen LogP contribution in [0.5, 0.6) is 0 Å². The molecule has 0 radical (unpaired) electrons. The molecule has 4 rings (SSSR count). The van der Waals surface area contributed by atoms with Gasteiger partial charge in [0.2, 0.25) is 0 Å². The number of amides is 2. The van der Waals surface area contributed by atoms with Crippen molar-refractivity contribution in [2.24, 2.45) is 0 Å². The van der Waals surface area contributed by atoms with Gasteiger partial charge in [0, 0.05) is 16.9 Å². The van der Waals surface area contributed by atoms with Crippen molar-refractivity contribution in [3.8, 4) is 10.6 Å². The SMILES string of the molecule is Cc1cc(C)cc(NC(=O)C(=O)Nc2ccc(-c3nc4ccc(C)cc4s3)cc2)c1. The van der Waals surface area contributed by atoms with E-state index in [-0.39, 0.29) is 0 Å². The fourth-order valence-electron chi connectivity index (χ4n) is 3.27. The van der Waals surface area contributed by atoms with Gasteiger partial charge in [-0.3, -0.25) is 9.59 Å². The lowest BCUT2D eigenvalue weighted by Gasteiger charge is -2.08. The predicted octanol–water partition coefficient (Wildman–Crippen LogP) is 5.47. The number of thiazole rings is 1. The first-order chi connectivity index (χ1) is 14.4. The van der Waals surface area contributed by atoms with Crippen LogP contribution in [-0.2, 0) is 9.59 Å². The minimum Gasteiger partial charge on any atom is -0.318 e. The van der Waals surface area contributed by atoms with E-state index in [9.17, 15) is 9.59 Å². The maximum absolute atomic E-state index is 12.3. The minimum atomic E-state index is -0.711. The average Bonchev–Trinajstić information content (AvgIpc) is 3.10. The second-order valence-corrected chi connectivity index (χ2v) is 8.38. The number of nitrogens with one attached hydrogen (secondary N) is 2. The molecule has 6 heteroatoms. The molecule has 0 spiro atoms. The molecule has 30 heavy (non-hydrogen) atoms. The second kappa shape index (κ2) is 8.08. The van der Waals surface area contributed by atoms with E-state index in [0.29, 0.717) is 11.4 Å². The van der Waals surface area contributed by atoms with Gasteiger partial charge in [-0.25, -0.2) is 4.98 Å². The number of hydrogen-bond donors (Lipinski definition) is 2. The molecule has 2 amide bonds. The summed E-state index contributed by atoms with van der Waals surface area (Å²) in [5.74, 6) is -1.41. The number of benzene rings is 3. The van der Waals surface area contributed by atoms with Crippen LogP contribution in [0.4, 0.5) is 11.4 Å². The summed E-state index contributed by atoms with van der Waals surface area (Å²) in [6, 6.07) is 19.2. The lowest BCUT2D eigenvalue weighted by atomic mass is 10.1. The van der Waals surface area contributed by atoms with E-state index in [1.165, 1.54) is 5.56 Å². The number of hydrogen-bond acceptors (Lipinski definition) is 4. The molecular formula is C24H21N3O2S. The standard InChI is InChI=1S/C24H21N3O2S/c1-14-4-9-20-21(13-14)30-24(27-20)17-5-7-18(8-6-17)25-22(28)23(29)26-19-11-15(2)10-16(3)12-19/h4-13H,1-3H3,(H,25,28)(H,26,29). The number of carbonyl (C=O) groups excluding carboxylic acids is 2. The molecule has 0 bridgehead atoms. The molecule has 0 aliphatic carbocycles. The summed E-state index contributed by atoms with van der Waals surface area (Å²) >= 11 is 1.63. The van der Waals surface area contributed by atoms with Crippen LogP contribution in [-0.4, -0.2) is 16.8 Å². The first-order valence-corrected chi connectivity index (χ1v) is 10.4. The molecule has 2 N–H and O–H groups in total. The van der Waals surface area contributed by atoms with Crippen LogP contribution in [0, 0.1) is 20.8 Å². The third-order valence-electron chi connectivity index (χ3n) is 4.62. The van der Waals surface area contributed by atoms with Gasteiger partial charge >= 0.3 is 11.8 Å². The number of anilines is 2. The molecule has 0 saturated carbocycles. The van der Waals surface area contributed by atoms with Gasteiger partial charge in [-0.15, -0.1) is 11.3 Å². The summed E-state index contributed by atoms with van der Waals surface area (Å²) in [5, 5.41) is 6.19. The van der Waals surface area contributed by atoms with Crippen molar-refractivity contribution in [2.45, 2.75) is 20.8 Å². The van der Waals surface area contributed by atoms with Gasteiger partial charge in [-0.2, -0.15) is 0 Å². The Labute approximate surface area is 178 Å². The van der Waals surface area contributed by atoms with Crippen LogP contribution in [0.15, 0.2) is 60.7 Å². The highest BCUT2D eigenvalue weighted by atomic mass is 32.1. The van der Waals surface area contributed by atoms with Gasteiger partial charge in [0.15, 0.2) is 0 Å². The molecule has 4 aromatic rings. The van der Waals surface area contributed by atoms with Gasteiger partial charge in [0.05, 0.1) is 10.2 Å². The molecule has 1 heterocycles. The highest BCUT2D eigenvalue weighted by Gasteiger charge is 2.15. The van der Waals surface area contributed by atoms with Crippen molar-refractivity contribution < 1.29 is 9.59 Å². The van der Waals surface area contributed by atoms with Crippen molar-refractivity contribution in [3.63, 3.8) is 0 Å². The number of rotatable bonds is 3. The Bertz CT molecular complexity index is 1240. The number of nitrogens with zero attached hydrogens (tertiary/aromatic N) is 1. The maximum Gasteiger partial charge on any atom is 0.314 e. The van der Waals surface area contributed by atoms with Crippen LogP contribution in [0.25, 0.3) is 20.8 Å². The zero-order chi connectivity index (χ0) is 21.3. The lowest BCUT2D eigenvalue weighted by molar-refractivity contribution is -0.132. The molecule has 5 nitrogen and oxygen atoms in total. The highest BCUT2D eigenvalue weighted by Crippen LogP contribution is 2.31. The van der Waals surface area contributed by atoms with Crippen molar-refractivity contribution in [2.75, 3.05) is 10.6 Å². The highest BCUT2D eigenvalue weighted by molar-refractivity contribution is 7.21. The van der Waals surface area contributed by atoms with Gasteiger partial charge in [0.25, 0.3) is 0 Å². The maximum atomic E-state index is 12.3. The Hall–Kier alpha value is -3.51. The van der Waals surface area contributed by atoms with Crippen molar-refractivity contribution in [1.82, 2.24) is 4.98 Å². The minimum absolute atomic E-state index is 0.552. The summed E-state index contributed by atoms with van der Waals surface area (Å²) in [4.78, 5) is 29.2. The van der Waals surface area contributed by atoms with Gasteiger partial charge < -0.3 is 10.6 Å². The Balaban J connectivity index is 1.44. The lowest BCUT2D eigenvalue weighted by Crippen LogP contribution is -2.29. The van der Waals surface area contributed by atoms with Crippen molar-refractivity contribution in [1.29, 1.82) is 0 Å². The van der Waals surface area contributed by atoms with Crippen LogP contribution in [0.3, 0.4) is 0 Å². The van der Waals surface area contributed by atoms with Crippen LogP contribution < -0.4 is 10.6 Å². The number of aromatic nitrogens is 1. The third kappa shape index (κ3) is 4.39. The Morgan fingerprint density at radius 2 is 1.37 bits per heavy atom. The molecule has 0 atom stereocenters. The number of aryl methyl sites for hydroxylation is 3. The van der Waals surface area contributed by atoms with E-state index in [1.807, 2.05) is 56.3 Å². The second-order valence-electron chi connectivity index (χ2n) is 7.35. The summed E-state index contributed by atoms with van der Waals surface area (Å²) in [5.41, 5.74) is 6.34. The Morgan fingerprint density at radius 1 is 0.733 bits per heavy atom. The predicted molar refractivity (Wildman–Crippen MR) is 123 cm³/mol. The van der Waals surface area contributed by atoms with E-state index in [0.717, 1.165) is 31.9 Å². The average molecular weight is 416 g/mol. The number of fused-ring (bicyclic) bond motifs is 1. The fraction of sp³-hybridized carbons (Fsp3) is 0.125. The summed E-state index contributed by atoms with van der Waals surface area (Å²) in [6.45, 7) is 5.94. The van der Waals surface area contributed by atoms with E-state index in [1.54, 1.807) is 23.5 Å². The first kappa shape index (κ1) is 19.8. The quantitative estimate of drug-likeness (QED) is 0.436. The smallest absolute Gasteiger partial charge is 0.314 e. The van der Waals surface area contributed by atoms with Crippen LogP contribution in [0.1, 0.15) is 16.7 Å². The molecule has 0 aliphatic heterocycles. The topological polar surface area (TPSA) is 71.1 Å². The summed E-state index contributed by atoms with van der Waals surface area (Å²) < 4.78 is 1.14. The van der Waals surface area contributed by atoms with Crippen LogP contribution in [0.2, 0.25) is 0 Å². The Morgan fingerprint density at radius 3 is 2.03 bits per heavy atom. The van der Waals surface area contributed by atoms with Crippen LogP contribution >= 0.6 is 11.3 Å². The number of carbonyl (C=O) groups is 2. The van der Waals surface area contributed by atoms with Gasteiger partial charge in [-0.1, -0.05) is 12.1 Å². The zero-order valence-electron chi connectivity index (χ0n) is 16.9. The fourth-order valence-corrected chi connectivity index (χ4v) is 4.34. The van der Waals surface area contributed by atoms with E-state index in [4.69, 9.17) is 0 Å². The monoisotopic (exact) mass is 415 g/mol. The summed E-state index contributed by atoms with van der Waals surface area (Å²) in [6.07, 6.45) is 0. The van der Waals surface area contributed by atoms with Gasteiger partial charge in [0.1, 0.15) is 5.01 Å². The van der Waals surface area contributed by atoms with E-state index in [2.05, 4.69) is 28.6 Å². The molecule has 1 aromatic heterocycles. The Kier molecular flexibility index (Phi) is 5.33. The van der Waals surface area contributed by atoms with E-state index < -0.39 is 11.8 Å². The normalized spacial score (nSPS) is 10.8. The molecule has 150 valence electrons. The van der Waals surface area contributed by atoms with Crippen molar-refractivity contribution in [3.05, 3.63) is 77.4 Å². The van der Waals surface area contributed by atoms with Crippen molar-refractivity contribution >= 4 is 44.7 Å².